The number of furan rings is 1. The monoisotopic (exact) mass is 398 g/mol. The van der Waals surface area contributed by atoms with Crippen LogP contribution in [0.25, 0.3) is 11.3 Å². The summed E-state index contributed by atoms with van der Waals surface area (Å²) in [6.07, 6.45) is 3.43. The molecule has 0 fully saturated rings. The second-order valence-corrected chi connectivity index (χ2v) is 5.86. The van der Waals surface area contributed by atoms with Crippen molar-refractivity contribution in [3.8, 4) is 11.3 Å². The van der Waals surface area contributed by atoms with Gasteiger partial charge in [-0.1, -0.05) is 12.1 Å². The summed E-state index contributed by atoms with van der Waals surface area (Å²) in [5, 5.41) is 29.1. The Kier molecular flexibility index (Phi) is 5.44. The third-order valence-corrected chi connectivity index (χ3v) is 3.91. The lowest BCUT2D eigenvalue weighted by atomic mass is 10.1. The number of carbonyl (C=O) groups is 1. The van der Waals surface area contributed by atoms with Crippen molar-refractivity contribution < 1.29 is 19.1 Å². The van der Waals surface area contributed by atoms with Gasteiger partial charge in [0.1, 0.15) is 30.5 Å². The molecule has 12 nitrogen and oxygen atoms in total. The predicted molar refractivity (Wildman–Crippen MR) is 100 cm³/mol. The van der Waals surface area contributed by atoms with Gasteiger partial charge in [0.2, 0.25) is 0 Å². The van der Waals surface area contributed by atoms with Gasteiger partial charge in [-0.3, -0.25) is 29.7 Å². The van der Waals surface area contributed by atoms with Crippen LogP contribution in [0.2, 0.25) is 0 Å². The summed E-state index contributed by atoms with van der Waals surface area (Å²) in [5.41, 5.74) is 3.06. The van der Waals surface area contributed by atoms with Gasteiger partial charge in [0, 0.05) is 17.2 Å². The SMILES string of the molecule is Cc1c(-c2ccc(C=NNC(=O)Cn3cc([N+](=O)[O-])cn3)o2)cccc1[N+](=O)[O-]. The van der Waals surface area contributed by atoms with Gasteiger partial charge in [0.25, 0.3) is 11.6 Å². The fourth-order valence-electron chi connectivity index (χ4n) is 2.54. The Morgan fingerprint density at radius 1 is 1.28 bits per heavy atom. The minimum atomic E-state index is -0.614. The third-order valence-electron chi connectivity index (χ3n) is 3.91. The van der Waals surface area contributed by atoms with Crippen molar-refractivity contribution in [3.05, 3.63) is 74.3 Å². The van der Waals surface area contributed by atoms with Gasteiger partial charge in [-0.25, -0.2) is 5.43 Å². The van der Waals surface area contributed by atoms with Crippen molar-refractivity contribution in [1.29, 1.82) is 0 Å². The molecule has 0 aliphatic heterocycles. The molecule has 0 aliphatic rings. The van der Waals surface area contributed by atoms with Gasteiger partial charge in [0.15, 0.2) is 0 Å². The van der Waals surface area contributed by atoms with Crippen molar-refractivity contribution in [2.45, 2.75) is 13.5 Å². The molecule has 3 aromatic rings. The zero-order valence-electron chi connectivity index (χ0n) is 15.0. The highest BCUT2D eigenvalue weighted by Crippen LogP contribution is 2.30. The molecule has 0 unspecified atom stereocenters. The van der Waals surface area contributed by atoms with Gasteiger partial charge in [-0.15, -0.1) is 0 Å². The van der Waals surface area contributed by atoms with Gasteiger partial charge < -0.3 is 4.42 Å². The van der Waals surface area contributed by atoms with Crippen LogP contribution in [-0.2, 0) is 11.3 Å². The Morgan fingerprint density at radius 3 is 2.76 bits per heavy atom. The predicted octanol–water partition coefficient (Wildman–Crippen LogP) is 2.42. The number of nitro benzene ring substituents is 1. The number of hydrazone groups is 1. The molecule has 1 aromatic carbocycles. The van der Waals surface area contributed by atoms with Crippen LogP contribution in [0.15, 0.2) is 52.2 Å². The topological polar surface area (TPSA) is 159 Å². The summed E-state index contributed by atoms with van der Waals surface area (Å²) in [7, 11) is 0. The number of nitro groups is 2. The highest BCUT2D eigenvalue weighted by molar-refractivity contribution is 5.81. The third kappa shape index (κ3) is 4.50. The van der Waals surface area contributed by atoms with E-state index in [4.69, 9.17) is 4.42 Å². The molecule has 1 amide bonds. The number of hydrogen-bond acceptors (Lipinski definition) is 8. The first-order valence-electron chi connectivity index (χ1n) is 8.18. The molecular formula is C17H14N6O6. The first kappa shape index (κ1) is 19.4. The minimum Gasteiger partial charge on any atom is -0.455 e. The summed E-state index contributed by atoms with van der Waals surface area (Å²) in [6.45, 7) is 1.38. The molecule has 0 saturated heterocycles. The van der Waals surface area contributed by atoms with Crippen molar-refractivity contribution in [1.82, 2.24) is 15.2 Å². The molecule has 29 heavy (non-hydrogen) atoms. The lowest BCUT2D eigenvalue weighted by molar-refractivity contribution is -0.385. The smallest absolute Gasteiger partial charge is 0.307 e. The molecule has 148 valence electrons. The number of nitrogens with one attached hydrogen (secondary N) is 1. The van der Waals surface area contributed by atoms with Crippen molar-refractivity contribution >= 4 is 23.5 Å². The highest BCUT2D eigenvalue weighted by Gasteiger charge is 2.16. The van der Waals surface area contributed by atoms with Crippen LogP contribution in [0, 0.1) is 27.2 Å². The van der Waals surface area contributed by atoms with Gasteiger partial charge in [-0.05, 0) is 19.1 Å². The zero-order valence-corrected chi connectivity index (χ0v) is 15.0. The van der Waals surface area contributed by atoms with Crippen LogP contribution in [0.3, 0.4) is 0 Å². The summed E-state index contributed by atoms with van der Waals surface area (Å²) in [4.78, 5) is 32.4. The van der Waals surface area contributed by atoms with Crippen LogP contribution in [0.1, 0.15) is 11.3 Å². The van der Waals surface area contributed by atoms with Crippen LogP contribution in [0.5, 0.6) is 0 Å². The number of benzene rings is 1. The first-order valence-corrected chi connectivity index (χ1v) is 8.18. The molecule has 0 spiro atoms. The molecular weight excluding hydrogens is 384 g/mol. The minimum absolute atomic E-state index is 0.0137. The Morgan fingerprint density at radius 2 is 2.07 bits per heavy atom. The van der Waals surface area contributed by atoms with E-state index in [0.29, 0.717) is 22.6 Å². The van der Waals surface area contributed by atoms with E-state index in [2.05, 4.69) is 15.6 Å². The fraction of sp³-hybridized carbons (Fsp3) is 0.118. The average Bonchev–Trinajstić information content (AvgIpc) is 3.31. The maximum absolute atomic E-state index is 11.8. The zero-order chi connectivity index (χ0) is 21.0. The Hall–Kier alpha value is -4.35. The molecule has 0 aliphatic carbocycles. The number of hydrogen-bond donors (Lipinski definition) is 1. The Bertz CT molecular complexity index is 1120. The molecule has 0 bridgehead atoms. The number of amides is 1. The number of carbonyl (C=O) groups excluding carboxylic acids is 1. The maximum Gasteiger partial charge on any atom is 0.307 e. The van der Waals surface area contributed by atoms with Crippen LogP contribution in [0.4, 0.5) is 11.4 Å². The fourth-order valence-corrected chi connectivity index (χ4v) is 2.54. The van der Waals surface area contributed by atoms with E-state index < -0.39 is 15.8 Å². The van der Waals surface area contributed by atoms with Crippen molar-refractivity contribution in [2.75, 3.05) is 0 Å². The van der Waals surface area contributed by atoms with E-state index in [1.165, 1.54) is 12.3 Å². The summed E-state index contributed by atoms with van der Waals surface area (Å²) in [5.74, 6) is 0.198. The molecule has 1 N–H and O–H groups in total. The Balaban J connectivity index is 1.63. The summed E-state index contributed by atoms with van der Waals surface area (Å²) in [6, 6.07) is 7.91. The van der Waals surface area contributed by atoms with Crippen molar-refractivity contribution in [3.63, 3.8) is 0 Å². The molecule has 2 heterocycles. The summed E-state index contributed by atoms with van der Waals surface area (Å²) >= 11 is 0. The lowest BCUT2D eigenvalue weighted by Gasteiger charge is -2.03. The van der Waals surface area contributed by atoms with Gasteiger partial charge in [-0.2, -0.15) is 10.2 Å². The normalized spacial score (nSPS) is 10.9. The number of nitrogens with zero attached hydrogens (tertiary/aromatic N) is 5. The second-order valence-electron chi connectivity index (χ2n) is 5.86. The largest absolute Gasteiger partial charge is 0.455 e. The maximum atomic E-state index is 11.8. The average molecular weight is 398 g/mol. The molecule has 0 saturated carbocycles. The molecule has 0 atom stereocenters. The highest BCUT2D eigenvalue weighted by atomic mass is 16.6. The summed E-state index contributed by atoms with van der Waals surface area (Å²) < 4.78 is 6.71. The standard InChI is InChI=1S/C17H14N6O6/c1-11-14(3-2-4-15(11)23(27)28)16-6-5-13(29-16)8-18-20-17(24)10-21-9-12(7-19-21)22(25)26/h2-9H,10H2,1H3,(H,20,24). The van der Waals surface area contributed by atoms with E-state index in [9.17, 15) is 25.0 Å². The molecule has 3 rings (SSSR count). The van der Waals surface area contributed by atoms with E-state index in [-0.39, 0.29) is 17.9 Å². The van der Waals surface area contributed by atoms with Crippen LogP contribution < -0.4 is 5.43 Å². The first-order chi connectivity index (χ1) is 13.8. The number of aromatic nitrogens is 2. The van der Waals surface area contributed by atoms with Gasteiger partial charge in [0.05, 0.1) is 16.1 Å². The van der Waals surface area contributed by atoms with Crippen LogP contribution >= 0.6 is 0 Å². The molecule has 12 heteroatoms. The lowest BCUT2D eigenvalue weighted by Crippen LogP contribution is -2.23. The Labute approximate surface area is 162 Å². The van der Waals surface area contributed by atoms with Gasteiger partial charge >= 0.3 is 5.69 Å². The van der Waals surface area contributed by atoms with E-state index in [0.717, 1.165) is 17.1 Å². The van der Waals surface area contributed by atoms with Crippen LogP contribution in [-0.4, -0.2) is 31.7 Å². The van der Waals surface area contributed by atoms with E-state index in [1.54, 1.807) is 31.2 Å². The number of rotatable bonds is 7. The van der Waals surface area contributed by atoms with Crippen molar-refractivity contribution in [2.24, 2.45) is 5.10 Å². The quantitative estimate of drug-likeness (QED) is 0.363. The van der Waals surface area contributed by atoms with E-state index in [1.807, 2.05) is 0 Å². The molecule has 2 aromatic heterocycles. The van der Waals surface area contributed by atoms with E-state index >= 15 is 0 Å². The molecule has 0 radical (unpaired) electrons. The second kappa shape index (κ2) is 8.12.